The monoisotopic (exact) mass is 236 g/mol. The van der Waals surface area contributed by atoms with Crippen molar-refractivity contribution in [1.82, 2.24) is 0 Å². The van der Waals surface area contributed by atoms with Gasteiger partial charge in [-0.2, -0.15) is 0 Å². The van der Waals surface area contributed by atoms with Crippen LogP contribution in [-0.4, -0.2) is 28.9 Å². The summed E-state index contributed by atoms with van der Waals surface area (Å²) in [5, 5.41) is 18.0. The van der Waals surface area contributed by atoms with Crippen LogP contribution in [0.15, 0.2) is 36.1 Å². The van der Waals surface area contributed by atoms with E-state index in [1.807, 2.05) is 18.2 Å². The number of aliphatic carboxylic acids is 1. The highest BCUT2D eigenvalue weighted by molar-refractivity contribution is 5.89. The molecule has 0 aliphatic carbocycles. The van der Waals surface area contributed by atoms with E-state index in [0.29, 0.717) is 6.42 Å². The first-order valence-corrected chi connectivity index (χ1v) is 5.40. The maximum absolute atomic E-state index is 10.9. The first-order valence-electron chi connectivity index (χ1n) is 5.40. The van der Waals surface area contributed by atoms with Crippen LogP contribution in [0.1, 0.15) is 18.9 Å². The fraction of sp³-hybridized carbons (Fsp3) is 0.308. The molecule has 0 aliphatic heterocycles. The van der Waals surface area contributed by atoms with Gasteiger partial charge in [-0.25, -0.2) is 4.79 Å². The molecule has 0 spiro atoms. The Morgan fingerprint density at radius 2 is 2.06 bits per heavy atom. The lowest BCUT2D eigenvalue weighted by atomic mass is 10.2. The zero-order valence-corrected chi connectivity index (χ0v) is 9.67. The number of hydrogen-bond acceptors (Lipinski definition) is 3. The first kappa shape index (κ1) is 13.3. The van der Waals surface area contributed by atoms with Gasteiger partial charge in [0.1, 0.15) is 0 Å². The average Bonchev–Trinajstić information content (AvgIpc) is 2.28. The minimum Gasteiger partial charge on any atom is -0.486 e. The lowest BCUT2D eigenvalue weighted by molar-refractivity contribution is -0.136. The molecule has 1 unspecified atom stereocenters. The molecule has 1 atom stereocenters. The summed E-state index contributed by atoms with van der Waals surface area (Å²) >= 11 is 0. The molecule has 4 heteroatoms. The molecule has 0 heterocycles. The summed E-state index contributed by atoms with van der Waals surface area (Å²) in [7, 11) is 0. The van der Waals surface area contributed by atoms with Crippen LogP contribution in [0.4, 0.5) is 0 Å². The minimum atomic E-state index is -1.11. The number of ether oxygens (including phenoxy) is 1. The van der Waals surface area contributed by atoms with E-state index >= 15 is 0 Å². The summed E-state index contributed by atoms with van der Waals surface area (Å²) in [6, 6.07) is 9.08. The Labute approximate surface area is 100 Å². The third-order valence-electron chi connectivity index (χ3n) is 2.10. The van der Waals surface area contributed by atoms with Crippen LogP contribution in [0.3, 0.4) is 0 Å². The summed E-state index contributed by atoms with van der Waals surface area (Å²) in [4.78, 5) is 10.9. The number of carboxylic acids is 1. The lowest BCUT2D eigenvalue weighted by Crippen LogP contribution is -2.10. The fourth-order valence-electron chi connectivity index (χ4n) is 1.21. The largest absolute Gasteiger partial charge is 0.486 e. The molecule has 0 saturated carbocycles. The van der Waals surface area contributed by atoms with Crippen molar-refractivity contribution in [3.63, 3.8) is 0 Å². The van der Waals surface area contributed by atoms with Crippen LogP contribution in [-0.2, 0) is 9.53 Å². The lowest BCUT2D eigenvalue weighted by Gasteiger charge is -2.08. The predicted octanol–water partition coefficient (Wildman–Crippen LogP) is 1.90. The normalized spacial score (nSPS) is 13.2. The molecule has 2 N–H and O–H groups in total. The number of aliphatic hydroxyl groups is 1. The van der Waals surface area contributed by atoms with E-state index < -0.39 is 12.1 Å². The second-order valence-electron chi connectivity index (χ2n) is 3.71. The molecule has 1 rings (SSSR count). The molecular formula is C13H16O4. The van der Waals surface area contributed by atoms with E-state index in [-0.39, 0.29) is 12.4 Å². The average molecular weight is 236 g/mol. The summed E-state index contributed by atoms with van der Waals surface area (Å²) < 4.78 is 5.12. The Bertz CT molecular complexity index is 382. The maximum atomic E-state index is 10.9. The molecule has 1 aromatic rings. The van der Waals surface area contributed by atoms with Gasteiger partial charge in [-0.15, -0.1) is 0 Å². The maximum Gasteiger partial charge on any atom is 0.371 e. The topological polar surface area (TPSA) is 66.8 Å². The van der Waals surface area contributed by atoms with Crippen LogP contribution in [0, 0.1) is 0 Å². The Morgan fingerprint density at radius 3 is 2.59 bits per heavy atom. The SMILES string of the molecule is CC(O)CCOC(=Cc1ccccc1)C(=O)O. The van der Waals surface area contributed by atoms with E-state index in [2.05, 4.69) is 0 Å². The Balaban J connectivity index is 2.66. The molecule has 4 nitrogen and oxygen atoms in total. The van der Waals surface area contributed by atoms with Gasteiger partial charge in [-0.1, -0.05) is 30.3 Å². The van der Waals surface area contributed by atoms with Gasteiger partial charge >= 0.3 is 5.97 Å². The molecule has 17 heavy (non-hydrogen) atoms. The van der Waals surface area contributed by atoms with Gasteiger partial charge in [-0.3, -0.25) is 0 Å². The van der Waals surface area contributed by atoms with Gasteiger partial charge in [0.25, 0.3) is 0 Å². The van der Waals surface area contributed by atoms with Gasteiger partial charge in [0, 0.05) is 6.42 Å². The molecule has 0 aliphatic rings. The van der Waals surface area contributed by atoms with Gasteiger partial charge in [0.2, 0.25) is 5.76 Å². The van der Waals surface area contributed by atoms with Crippen LogP contribution in [0.25, 0.3) is 6.08 Å². The number of aliphatic hydroxyl groups excluding tert-OH is 1. The molecule has 0 aromatic heterocycles. The molecule has 92 valence electrons. The van der Waals surface area contributed by atoms with Gasteiger partial charge in [-0.05, 0) is 18.6 Å². The molecule has 0 fully saturated rings. The number of rotatable bonds is 6. The number of benzene rings is 1. The highest BCUT2D eigenvalue weighted by Gasteiger charge is 2.09. The van der Waals surface area contributed by atoms with Crippen molar-refractivity contribution < 1.29 is 19.7 Å². The zero-order chi connectivity index (χ0) is 12.7. The Hall–Kier alpha value is -1.81. The predicted molar refractivity (Wildman–Crippen MR) is 64.3 cm³/mol. The van der Waals surface area contributed by atoms with Gasteiger partial charge in [0.05, 0.1) is 12.7 Å². The van der Waals surface area contributed by atoms with Crippen molar-refractivity contribution in [2.75, 3.05) is 6.61 Å². The highest BCUT2D eigenvalue weighted by Crippen LogP contribution is 2.09. The summed E-state index contributed by atoms with van der Waals surface area (Å²) in [6.45, 7) is 1.81. The van der Waals surface area contributed by atoms with E-state index in [1.54, 1.807) is 19.1 Å². The van der Waals surface area contributed by atoms with Gasteiger partial charge < -0.3 is 14.9 Å². The molecule has 0 saturated heterocycles. The number of hydrogen-bond donors (Lipinski definition) is 2. The second-order valence-corrected chi connectivity index (χ2v) is 3.71. The quantitative estimate of drug-likeness (QED) is 0.584. The Kier molecular flexibility index (Phi) is 5.23. The number of carbonyl (C=O) groups is 1. The minimum absolute atomic E-state index is 0.114. The van der Waals surface area contributed by atoms with E-state index in [9.17, 15) is 4.79 Å². The smallest absolute Gasteiger partial charge is 0.371 e. The van der Waals surface area contributed by atoms with Crippen molar-refractivity contribution in [2.45, 2.75) is 19.4 Å². The van der Waals surface area contributed by atoms with Crippen molar-refractivity contribution in [1.29, 1.82) is 0 Å². The van der Waals surface area contributed by atoms with E-state index in [1.165, 1.54) is 6.08 Å². The van der Waals surface area contributed by atoms with Crippen molar-refractivity contribution >= 4 is 12.0 Å². The fourth-order valence-corrected chi connectivity index (χ4v) is 1.21. The second kappa shape index (κ2) is 6.70. The molecule has 0 radical (unpaired) electrons. The Morgan fingerprint density at radius 1 is 1.41 bits per heavy atom. The van der Waals surface area contributed by atoms with E-state index in [0.717, 1.165) is 5.56 Å². The van der Waals surface area contributed by atoms with Crippen molar-refractivity contribution in [3.8, 4) is 0 Å². The van der Waals surface area contributed by atoms with Crippen LogP contribution in [0.5, 0.6) is 0 Å². The zero-order valence-electron chi connectivity index (χ0n) is 9.67. The molecule has 0 bridgehead atoms. The number of carboxylic acid groups (broad SMARTS) is 1. The molecule has 0 amide bonds. The third kappa shape index (κ3) is 5.17. The summed E-state index contributed by atoms with van der Waals surface area (Å²) in [5.41, 5.74) is 0.766. The standard InChI is InChI=1S/C13H16O4/c1-10(14)7-8-17-12(13(15)16)9-11-5-3-2-4-6-11/h2-6,9-10,14H,7-8H2,1H3,(H,15,16). The van der Waals surface area contributed by atoms with Crippen molar-refractivity contribution in [2.24, 2.45) is 0 Å². The first-order chi connectivity index (χ1) is 8.09. The van der Waals surface area contributed by atoms with Gasteiger partial charge in [0.15, 0.2) is 0 Å². The summed E-state index contributed by atoms with van der Waals surface area (Å²) in [6.07, 6.45) is 1.37. The third-order valence-corrected chi connectivity index (χ3v) is 2.10. The molecular weight excluding hydrogens is 220 g/mol. The molecule has 1 aromatic carbocycles. The van der Waals surface area contributed by atoms with Crippen LogP contribution in [0.2, 0.25) is 0 Å². The van der Waals surface area contributed by atoms with Crippen LogP contribution >= 0.6 is 0 Å². The highest BCUT2D eigenvalue weighted by atomic mass is 16.5. The van der Waals surface area contributed by atoms with Crippen LogP contribution < -0.4 is 0 Å². The summed E-state index contributed by atoms with van der Waals surface area (Å²) in [5.74, 6) is -1.23. The van der Waals surface area contributed by atoms with E-state index in [4.69, 9.17) is 14.9 Å². The van der Waals surface area contributed by atoms with Crippen molar-refractivity contribution in [3.05, 3.63) is 41.7 Å².